The van der Waals surface area contributed by atoms with Gasteiger partial charge < -0.3 is 14.6 Å². The average Bonchev–Trinajstić information content (AvgIpc) is 2.27. The minimum atomic E-state index is -0.755. The first-order valence-corrected chi connectivity index (χ1v) is 4.71. The van der Waals surface area contributed by atoms with E-state index in [1.165, 1.54) is 0 Å². The largest absolute Gasteiger partial charge is 0.496 e. The highest BCUT2D eigenvalue weighted by molar-refractivity contribution is 5.46. The van der Waals surface area contributed by atoms with Crippen LogP contribution in [0.25, 0.3) is 0 Å². The number of aliphatic hydroxyl groups excluding tert-OH is 1. The van der Waals surface area contributed by atoms with Crippen LogP contribution >= 0.6 is 0 Å². The zero-order chi connectivity index (χ0) is 11.4. The molecule has 1 rings (SSSR count). The normalized spacial score (nSPS) is 12.3. The molecule has 0 bridgehead atoms. The van der Waals surface area contributed by atoms with Crippen LogP contribution in [0.4, 0.5) is 0 Å². The van der Waals surface area contributed by atoms with Crippen molar-refractivity contribution in [2.75, 3.05) is 21.3 Å². The van der Waals surface area contributed by atoms with Crippen molar-refractivity contribution in [3.05, 3.63) is 23.3 Å². The highest BCUT2D eigenvalue weighted by Crippen LogP contribution is 2.31. The molecule has 1 aromatic rings. The van der Waals surface area contributed by atoms with E-state index in [9.17, 15) is 5.11 Å². The Balaban J connectivity index is 3.22. The van der Waals surface area contributed by atoms with Gasteiger partial charge in [-0.1, -0.05) is 0 Å². The number of benzene rings is 1. The van der Waals surface area contributed by atoms with E-state index in [4.69, 9.17) is 9.47 Å². The van der Waals surface area contributed by atoms with Crippen molar-refractivity contribution >= 4 is 0 Å². The zero-order valence-electron chi connectivity index (χ0n) is 9.50. The van der Waals surface area contributed by atoms with Crippen LogP contribution < -0.4 is 14.8 Å². The van der Waals surface area contributed by atoms with E-state index in [0.717, 1.165) is 11.3 Å². The first-order valence-electron chi connectivity index (χ1n) is 4.71. The lowest BCUT2D eigenvalue weighted by Crippen LogP contribution is -2.16. The fourth-order valence-electron chi connectivity index (χ4n) is 1.44. The number of methoxy groups -OCH3 is 2. The molecule has 1 unspecified atom stereocenters. The molecule has 84 valence electrons. The SMILES string of the molecule is CNC(O)c1cc(OC)c(C)cc1OC. The molecule has 4 nitrogen and oxygen atoms in total. The number of hydrogen-bond acceptors (Lipinski definition) is 4. The predicted octanol–water partition coefficient (Wildman–Crippen LogP) is 1.22. The highest BCUT2D eigenvalue weighted by Gasteiger charge is 2.14. The summed E-state index contributed by atoms with van der Waals surface area (Å²) in [5, 5.41) is 12.5. The number of aliphatic hydroxyl groups is 1. The summed E-state index contributed by atoms with van der Waals surface area (Å²) in [4.78, 5) is 0. The van der Waals surface area contributed by atoms with Crippen molar-refractivity contribution in [3.63, 3.8) is 0 Å². The summed E-state index contributed by atoms with van der Waals surface area (Å²) in [6, 6.07) is 3.62. The number of aryl methyl sites for hydroxylation is 1. The van der Waals surface area contributed by atoms with E-state index in [-0.39, 0.29) is 0 Å². The van der Waals surface area contributed by atoms with Crippen LogP contribution in [0.2, 0.25) is 0 Å². The molecule has 0 aliphatic heterocycles. The number of ether oxygens (including phenoxy) is 2. The Morgan fingerprint density at radius 3 is 2.27 bits per heavy atom. The van der Waals surface area contributed by atoms with E-state index in [0.29, 0.717) is 11.3 Å². The van der Waals surface area contributed by atoms with Gasteiger partial charge in [-0.2, -0.15) is 0 Å². The third kappa shape index (κ3) is 2.40. The van der Waals surface area contributed by atoms with Gasteiger partial charge in [-0.15, -0.1) is 0 Å². The Hall–Kier alpha value is -1.26. The Kier molecular flexibility index (Phi) is 3.94. The molecule has 1 aromatic carbocycles. The fraction of sp³-hybridized carbons (Fsp3) is 0.455. The van der Waals surface area contributed by atoms with Crippen LogP contribution in [-0.2, 0) is 0 Å². The third-order valence-corrected chi connectivity index (χ3v) is 2.32. The second-order valence-corrected chi connectivity index (χ2v) is 3.25. The number of hydrogen-bond donors (Lipinski definition) is 2. The standard InChI is InChI=1S/C11H17NO3/c1-7-5-10(15-4)8(11(13)12-2)6-9(7)14-3/h5-6,11-13H,1-4H3. The first-order chi connectivity index (χ1) is 7.13. The summed E-state index contributed by atoms with van der Waals surface area (Å²) in [5.74, 6) is 1.38. The maximum atomic E-state index is 9.71. The van der Waals surface area contributed by atoms with Crippen LogP contribution in [0.1, 0.15) is 17.4 Å². The van der Waals surface area contributed by atoms with Gasteiger partial charge in [0.2, 0.25) is 0 Å². The molecule has 0 aromatic heterocycles. The third-order valence-electron chi connectivity index (χ3n) is 2.32. The molecule has 0 saturated heterocycles. The lowest BCUT2D eigenvalue weighted by molar-refractivity contribution is 0.145. The Morgan fingerprint density at radius 1 is 1.20 bits per heavy atom. The molecule has 0 spiro atoms. The summed E-state index contributed by atoms with van der Waals surface area (Å²) < 4.78 is 10.4. The molecule has 0 amide bonds. The van der Waals surface area contributed by atoms with Crippen LogP contribution in [0.5, 0.6) is 11.5 Å². The van der Waals surface area contributed by atoms with Crippen LogP contribution in [0.3, 0.4) is 0 Å². The van der Waals surface area contributed by atoms with E-state index in [2.05, 4.69) is 5.32 Å². The number of rotatable bonds is 4. The number of nitrogens with one attached hydrogen (secondary N) is 1. The van der Waals surface area contributed by atoms with Crippen molar-refractivity contribution in [1.29, 1.82) is 0 Å². The van der Waals surface area contributed by atoms with Gasteiger partial charge in [-0.05, 0) is 31.7 Å². The molecular formula is C11H17NO3. The van der Waals surface area contributed by atoms with Gasteiger partial charge in [-0.3, -0.25) is 5.32 Å². The minimum Gasteiger partial charge on any atom is -0.496 e. The Morgan fingerprint density at radius 2 is 1.80 bits per heavy atom. The van der Waals surface area contributed by atoms with Crippen molar-refractivity contribution < 1.29 is 14.6 Å². The van der Waals surface area contributed by atoms with E-state index in [1.807, 2.05) is 13.0 Å². The van der Waals surface area contributed by atoms with Crippen molar-refractivity contribution in [1.82, 2.24) is 5.32 Å². The minimum absolute atomic E-state index is 0.648. The lowest BCUT2D eigenvalue weighted by Gasteiger charge is -2.16. The maximum Gasteiger partial charge on any atom is 0.134 e. The molecule has 15 heavy (non-hydrogen) atoms. The smallest absolute Gasteiger partial charge is 0.134 e. The molecule has 0 heterocycles. The average molecular weight is 211 g/mol. The monoisotopic (exact) mass is 211 g/mol. The second kappa shape index (κ2) is 5.00. The summed E-state index contributed by atoms with van der Waals surface area (Å²) in [6.07, 6.45) is -0.755. The van der Waals surface area contributed by atoms with Crippen LogP contribution in [0.15, 0.2) is 12.1 Å². The van der Waals surface area contributed by atoms with Gasteiger partial charge >= 0.3 is 0 Å². The molecule has 2 N–H and O–H groups in total. The maximum absolute atomic E-state index is 9.71. The van der Waals surface area contributed by atoms with Gasteiger partial charge in [0.1, 0.15) is 17.7 Å². The molecule has 0 aliphatic carbocycles. The molecule has 0 fully saturated rings. The predicted molar refractivity (Wildman–Crippen MR) is 58.3 cm³/mol. The van der Waals surface area contributed by atoms with Crippen molar-refractivity contribution in [3.8, 4) is 11.5 Å². The van der Waals surface area contributed by atoms with Gasteiger partial charge in [0.25, 0.3) is 0 Å². The highest BCUT2D eigenvalue weighted by atomic mass is 16.5. The van der Waals surface area contributed by atoms with Crippen LogP contribution in [-0.4, -0.2) is 26.4 Å². The quantitative estimate of drug-likeness (QED) is 0.735. The van der Waals surface area contributed by atoms with Crippen LogP contribution in [0, 0.1) is 6.92 Å². The van der Waals surface area contributed by atoms with E-state index < -0.39 is 6.23 Å². The van der Waals surface area contributed by atoms with Crippen molar-refractivity contribution in [2.24, 2.45) is 0 Å². The summed E-state index contributed by atoms with van der Waals surface area (Å²) >= 11 is 0. The molecule has 0 aliphatic rings. The van der Waals surface area contributed by atoms with E-state index >= 15 is 0 Å². The first kappa shape index (κ1) is 11.8. The lowest BCUT2D eigenvalue weighted by atomic mass is 10.1. The molecule has 0 saturated carbocycles. The summed E-state index contributed by atoms with van der Waals surface area (Å²) in [7, 11) is 4.86. The zero-order valence-corrected chi connectivity index (χ0v) is 9.50. The fourth-order valence-corrected chi connectivity index (χ4v) is 1.44. The van der Waals surface area contributed by atoms with E-state index in [1.54, 1.807) is 27.3 Å². The van der Waals surface area contributed by atoms with Crippen molar-refractivity contribution in [2.45, 2.75) is 13.2 Å². The van der Waals surface area contributed by atoms with Gasteiger partial charge in [0.05, 0.1) is 14.2 Å². The molecular weight excluding hydrogens is 194 g/mol. The topological polar surface area (TPSA) is 50.7 Å². The summed E-state index contributed by atoms with van der Waals surface area (Å²) in [6.45, 7) is 1.93. The Labute approximate surface area is 89.8 Å². The second-order valence-electron chi connectivity index (χ2n) is 3.25. The van der Waals surface area contributed by atoms with Gasteiger partial charge in [-0.25, -0.2) is 0 Å². The molecule has 4 heteroatoms. The molecule has 1 atom stereocenters. The van der Waals surface area contributed by atoms with Gasteiger partial charge in [0, 0.05) is 5.56 Å². The molecule has 0 radical (unpaired) electrons. The summed E-state index contributed by atoms with van der Waals surface area (Å²) in [5.41, 5.74) is 1.64. The van der Waals surface area contributed by atoms with Gasteiger partial charge in [0.15, 0.2) is 0 Å². The Bertz CT molecular complexity index is 339.